The number of methoxy groups -OCH3 is 1. The molecule has 0 N–H and O–H groups in total. The minimum absolute atomic E-state index is 0.0272. The van der Waals surface area contributed by atoms with Gasteiger partial charge in [0.2, 0.25) is 0 Å². The van der Waals surface area contributed by atoms with E-state index in [1.54, 1.807) is 0 Å². The molecule has 14 heavy (non-hydrogen) atoms. The molecule has 0 amide bonds. The highest BCUT2D eigenvalue weighted by Gasteiger charge is 2.38. The summed E-state index contributed by atoms with van der Waals surface area (Å²) in [5, 5.41) is 0. The molecule has 0 radical (unpaired) electrons. The van der Waals surface area contributed by atoms with Crippen molar-refractivity contribution in [2.75, 3.05) is 20.2 Å². The fraction of sp³-hybridized carbons (Fsp3) is 0.909. The number of esters is 1. The smallest absolute Gasteiger partial charge is 0.309 e. The summed E-state index contributed by atoms with van der Waals surface area (Å²) < 4.78 is 4.74. The van der Waals surface area contributed by atoms with Gasteiger partial charge in [-0.05, 0) is 25.2 Å². The van der Waals surface area contributed by atoms with E-state index in [2.05, 4.69) is 4.90 Å². The lowest BCUT2D eigenvalue weighted by Gasteiger charge is -2.28. The summed E-state index contributed by atoms with van der Waals surface area (Å²) in [6.07, 6.45) is 4.08. The zero-order valence-corrected chi connectivity index (χ0v) is 9.03. The highest BCUT2D eigenvalue weighted by molar-refractivity contribution is 5.72. The van der Waals surface area contributed by atoms with Crippen LogP contribution in [-0.2, 0) is 9.53 Å². The van der Waals surface area contributed by atoms with Crippen molar-refractivity contribution >= 4 is 5.97 Å². The van der Waals surface area contributed by atoms with Crippen LogP contribution in [0.4, 0.5) is 0 Å². The molecule has 1 aliphatic heterocycles. The summed E-state index contributed by atoms with van der Waals surface area (Å²) in [5.74, 6) is 0.858. The van der Waals surface area contributed by atoms with Crippen molar-refractivity contribution < 1.29 is 9.53 Å². The maximum Gasteiger partial charge on any atom is 0.309 e. The van der Waals surface area contributed by atoms with Crippen molar-refractivity contribution in [2.45, 2.75) is 32.2 Å². The van der Waals surface area contributed by atoms with E-state index in [0.717, 1.165) is 18.5 Å². The highest BCUT2D eigenvalue weighted by Crippen LogP contribution is 2.37. The number of likely N-dealkylation sites (tertiary alicyclic amines) is 1. The van der Waals surface area contributed by atoms with E-state index < -0.39 is 0 Å². The number of rotatable bonds is 3. The first-order valence-corrected chi connectivity index (χ1v) is 5.52. The molecule has 80 valence electrons. The Morgan fingerprint density at radius 3 is 2.86 bits per heavy atom. The van der Waals surface area contributed by atoms with E-state index >= 15 is 0 Å². The molecule has 0 aromatic rings. The molecular formula is C11H19NO2. The summed E-state index contributed by atoms with van der Waals surface area (Å²) >= 11 is 0. The maximum absolute atomic E-state index is 11.3. The molecule has 1 aliphatic carbocycles. The van der Waals surface area contributed by atoms with Crippen molar-refractivity contribution in [3.8, 4) is 0 Å². The molecule has 2 fully saturated rings. The van der Waals surface area contributed by atoms with Gasteiger partial charge in [-0.2, -0.15) is 0 Å². The minimum Gasteiger partial charge on any atom is -0.469 e. The first-order valence-electron chi connectivity index (χ1n) is 5.52. The van der Waals surface area contributed by atoms with Crippen molar-refractivity contribution in [1.29, 1.82) is 0 Å². The molecule has 2 bridgehead atoms. The molecule has 3 nitrogen and oxygen atoms in total. The van der Waals surface area contributed by atoms with E-state index in [1.165, 1.54) is 32.9 Å². The molecule has 1 heterocycles. The average molecular weight is 197 g/mol. The molecule has 3 unspecified atom stereocenters. The second-order valence-electron chi connectivity index (χ2n) is 4.71. The summed E-state index contributed by atoms with van der Waals surface area (Å²) in [7, 11) is 1.47. The second-order valence-corrected chi connectivity index (χ2v) is 4.71. The van der Waals surface area contributed by atoms with Gasteiger partial charge in [0.25, 0.3) is 0 Å². The molecular weight excluding hydrogens is 178 g/mol. The van der Waals surface area contributed by atoms with Gasteiger partial charge in [0, 0.05) is 19.1 Å². The number of carbonyl (C=O) groups excluding carboxylic acids is 1. The van der Waals surface area contributed by atoms with Crippen LogP contribution in [0.5, 0.6) is 0 Å². The normalized spacial score (nSPS) is 33.3. The molecule has 3 atom stereocenters. The summed E-state index contributed by atoms with van der Waals surface area (Å²) in [5.41, 5.74) is 0. The Hall–Kier alpha value is -0.570. The van der Waals surface area contributed by atoms with E-state index in [4.69, 9.17) is 4.74 Å². The summed E-state index contributed by atoms with van der Waals surface area (Å²) in [6, 6.07) is 0.757. The third kappa shape index (κ3) is 1.78. The van der Waals surface area contributed by atoms with E-state index in [9.17, 15) is 4.79 Å². The molecule has 1 saturated carbocycles. The number of hydrogen-bond donors (Lipinski definition) is 0. The Balaban J connectivity index is 1.83. The Labute approximate surface area is 85.4 Å². The van der Waals surface area contributed by atoms with Crippen molar-refractivity contribution in [3.63, 3.8) is 0 Å². The van der Waals surface area contributed by atoms with Gasteiger partial charge in [-0.3, -0.25) is 9.69 Å². The lowest BCUT2D eigenvalue weighted by Crippen LogP contribution is -2.37. The van der Waals surface area contributed by atoms with E-state index in [-0.39, 0.29) is 11.9 Å². The van der Waals surface area contributed by atoms with Gasteiger partial charge in [-0.1, -0.05) is 6.92 Å². The van der Waals surface area contributed by atoms with Gasteiger partial charge in [0.1, 0.15) is 0 Å². The zero-order valence-electron chi connectivity index (χ0n) is 9.03. The fourth-order valence-corrected chi connectivity index (χ4v) is 2.88. The summed E-state index contributed by atoms with van der Waals surface area (Å²) in [4.78, 5) is 13.7. The number of ether oxygens (including phenoxy) is 1. The largest absolute Gasteiger partial charge is 0.469 e. The van der Waals surface area contributed by atoms with Gasteiger partial charge in [-0.15, -0.1) is 0 Å². The predicted octanol–water partition coefficient (Wildman–Crippen LogP) is 1.28. The van der Waals surface area contributed by atoms with Crippen LogP contribution < -0.4 is 0 Å². The Morgan fingerprint density at radius 2 is 2.36 bits per heavy atom. The highest BCUT2D eigenvalue weighted by atomic mass is 16.5. The second kappa shape index (κ2) is 3.89. The zero-order chi connectivity index (χ0) is 10.1. The van der Waals surface area contributed by atoms with E-state index in [0.29, 0.717) is 0 Å². The van der Waals surface area contributed by atoms with Crippen molar-refractivity contribution in [1.82, 2.24) is 4.90 Å². The summed E-state index contributed by atoms with van der Waals surface area (Å²) in [6.45, 7) is 4.04. The van der Waals surface area contributed by atoms with Crippen molar-refractivity contribution in [3.05, 3.63) is 0 Å². The number of nitrogens with zero attached hydrogens (tertiary/aromatic N) is 1. The lowest BCUT2D eigenvalue weighted by molar-refractivity contribution is -0.145. The topological polar surface area (TPSA) is 29.5 Å². The van der Waals surface area contributed by atoms with Gasteiger partial charge >= 0.3 is 5.97 Å². The first kappa shape index (κ1) is 9.97. The Kier molecular flexibility index (Phi) is 2.77. The lowest BCUT2D eigenvalue weighted by atomic mass is 10.1. The van der Waals surface area contributed by atoms with Crippen LogP contribution in [-0.4, -0.2) is 37.1 Å². The SMILES string of the molecule is COC(=O)C(C)CN1CC2CCC1C2. The van der Waals surface area contributed by atoms with Gasteiger partial charge in [0.15, 0.2) is 0 Å². The third-order valence-corrected chi connectivity index (χ3v) is 3.63. The van der Waals surface area contributed by atoms with Crippen LogP contribution in [0.15, 0.2) is 0 Å². The number of carbonyl (C=O) groups is 1. The number of hydrogen-bond acceptors (Lipinski definition) is 3. The Morgan fingerprint density at radius 1 is 1.57 bits per heavy atom. The predicted molar refractivity (Wildman–Crippen MR) is 53.9 cm³/mol. The van der Waals surface area contributed by atoms with Gasteiger partial charge < -0.3 is 4.74 Å². The minimum atomic E-state index is -0.0761. The first-order chi connectivity index (χ1) is 6.70. The molecule has 0 aromatic carbocycles. The van der Waals surface area contributed by atoms with Crippen LogP contribution >= 0.6 is 0 Å². The molecule has 2 rings (SSSR count). The Bertz CT molecular complexity index is 229. The quantitative estimate of drug-likeness (QED) is 0.638. The monoisotopic (exact) mass is 197 g/mol. The number of piperidine rings is 1. The molecule has 2 aliphatic rings. The van der Waals surface area contributed by atoms with Crippen molar-refractivity contribution in [2.24, 2.45) is 11.8 Å². The van der Waals surface area contributed by atoms with Gasteiger partial charge in [-0.25, -0.2) is 0 Å². The maximum atomic E-state index is 11.3. The molecule has 1 saturated heterocycles. The standard InChI is InChI=1S/C11H19NO2/c1-8(11(13)14-2)6-12-7-9-3-4-10(12)5-9/h8-10H,3-7H2,1-2H3. The molecule has 0 aromatic heterocycles. The van der Waals surface area contributed by atoms with Gasteiger partial charge in [0.05, 0.1) is 13.0 Å². The molecule has 3 heteroatoms. The van der Waals surface area contributed by atoms with Crippen LogP contribution in [0.1, 0.15) is 26.2 Å². The van der Waals surface area contributed by atoms with Crippen LogP contribution in [0.25, 0.3) is 0 Å². The van der Waals surface area contributed by atoms with Crippen LogP contribution in [0.3, 0.4) is 0 Å². The van der Waals surface area contributed by atoms with E-state index in [1.807, 2.05) is 6.92 Å². The fourth-order valence-electron chi connectivity index (χ4n) is 2.88. The van der Waals surface area contributed by atoms with Crippen LogP contribution in [0, 0.1) is 11.8 Å². The molecule has 0 spiro atoms. The van der Waals surface area contributed by atoms with Crippen LogP contribution in [0.2, 0.25) is 0 Å². The average Bonchev–Trinajstić information content (AvgIpc) is 2.77. The third-order valence-electron chi connectivity index (χ3n) is 3.63. The number of fused-ring (bicyclic) bond motifs is 2.